The SMILES string of the molecule is COCCN1CCC[C@H](CNCc2cnn(-c3ccc4ccccc4c3)c2)C1. The van der Waals surface area contributed by atoms with Crippen molar-refractivity contribution in [2.24, 2.45) is 5.92 Å². The molecule has 0 saturated carbocycles. The standard InChI is InChI=1S/C23H30N4O/c1-28-12-11-26-10-4-5-19(17-26)14-24-15-20-16-25-27(18-20)23-9-8-21-6-2-3-7-22(21)13-23/h2-3,6-9,13,16,18-19,24H,4-5,10-12,14-15,17H2,1H3/t19-/m1/s1. The molecule has 148 valence electrons. The largest absolute Gasteiger partial charge is 0.383 e. The molecule has 1 atom stereocenters. The van der Waals surface area contributed by atoms with E-state index in [-0.39, 0.29) is 0 Å². The minimum Gasteiger partial charge on any atom is -0.383 e. The molecule has 0 unspecified atom stereocenters. The summed E-state index contributed by atoms with van der Waals surface area (Å²) in [6, 6.07) is 14.9. The van der Waals surface area contributed by atoms with Crippen molar-refractivity contribution in [3.63, 3.8) is 0 Å². The van der Waals surface area contributed by atoms with Gasteiger partial charge in [-0.25, -0.2) is 4.68 Å². The number of rotatable bonds is 8. The molecule has 1 aliphatic rings. The van der Waals surface area contributed by atoms with Gasteiger partial charge in [-0.15, -0.1) is 0 Å². The minimum atomic E-state index is 0.723. The third kappa shape index (κ3) is 4.79. The molecule has 28 heavy (non-hydrogen) atoms. The second kappa shape index (κ2) is 9.32. The number of likely N-dealkylation sites (tertiary alicyclic amines) is 1. The molecule has 1 N–H and O–H groups in total. The number of benzene rings is 2. The fourth-order valence-electron chi connectivity index (χ4n) is 4.07. The molecule has 1 fully saturated rings. The molecule has 1 aliphatic heterocycles. The summed E-state index contributed by atoms with van der Waals surface area (Å²) in [5.41, 5.74) is 2.33. The van der Waals surface area contributed by atoms with Crippen molar-refractivity contribution in [2.75, 3.05) is 39.9 Å². The van der Waals surface area contributed by atoms with Crippen LogP contribution in [-0.2, 0) is 11.3 Å². The van der Waals surface area contributed by atoms with Gasteiger partial charge < -0.3 is 15.0 Å². The van der Waals surface area contributed by atoms with Gasteiger partial charge in [0.15, 0.2) is 0 Å². The van der Waals surface area contributed by atoms with E-state index < -0.39 is 0 Å². The third-order valence-electron chi connectivity index (χ3n) is 5.61. The first-order valence-corrected chi connectivity index (χ1v) is 10.3. The van der Waals surface area contributed by atoms with Gasteiger partial charge in [-0.05, 0) is 54.8 Å². The second-order valence-electron chi connectivity index (χ2n) is 7.76. The van der Waals surface area contributed by atoms with E-state index in [1.165, 1.54) is 42.3 Å². The predicted molar refractivity (Wildman–Crippen MR) is 114 cm³/mol. The van der Waals surface area contributed by atoms with Gasteiger partial charge in [0, 0.05) is 38.5 Å². The zero-order valence-electron chi connectivity index (χ0n) is 16.7. The summed E-state index contributed by atoms with van der Waals surface area (Å²) in [4.78, 5) is 2.52. The highest BCUT2D eigenvalue weighted by atomic mass is 16.5. The zero-order chi connectivity index (χ0) is 19.2. The Morgan fingerprint density at radius 1 is 1.18 bits per heavy atom. The first-order chi connectivity index (χ1) is 13.8. The average Bonchev–Trinajstić information content (AvgIpc) is 3.21. The normalized spacial score (nSPS) is 18.0. The maximum Gasteiger partial charge on any atom is 0.0652 e. The van der Waals surface area contributed by atoms with Crippen molar-refractivity contribution in [1.82, 2.24) is 20.0 Å². The first-order valence-electron chi connectivity index (χ1n) is 10.3. The van der Waals surface area contributed by atoms with Crippen LogP contribution in [0.5, 0.6) is 0 Å². The fraction of sp³-hybridized carbons (Fsp3) is 0.435. The van der Waals surface area contributed by atoms with E-state index in [2.05, 4.69) is 64.0 Å². The Morgan fingerprint density at radius 2 is 2.07 bits per heavy atom. The van der Waals surface area contributed by atoms with Gasteiger partial charge in [0.05, 0.1) is 18.5 Å². The van der Waals surface area contributed by atoms with Gasteiger partial charge in [-0.1, -0.05) is 30.3 Å². The lowest BCUT2D eigenvalue weighted by molar-refractivity contribution is 0.114. The van der Waals surface area contributed by atoms with Crippen LogP contribution < -0.4 is 5.32 Å². The van der Waals surface area contributed by atoms with Gasteiger partial charge in [-0.3, -0.25) is 0 Å². The van der Waals surface area contributed by atoms with Gasteiger partial charge in [0.1, 0.15) is 0 Å². The lowest BCUT2D eigenvalue weighted by Crippen LogP contribution is -2.40. The molecule has 5 nitrogen and oxygen atoms in total. The summed E-state index contributed by atoms with van der Waals surface area (Å²) in [6.45, 7) is 6.18. The Kier molecular flexibility index (Phi) is 6.37. The highest BCUT2D eigenvalue weighted by Crippen LogP contribution is 2.19. The molecule has 5 heteroatoms. The van der Waals surface area contributed by atoms with Gasteiger partial charge in [-0.2, -0.15) is 5.10 Å². The first kappa shape index (κ1) is 19.1. The number of piperidine rings is 1. The molecule has 1 aromatic heterocycles. The van der Waals surface area contributed by atoms with Crippen LogP contribution in [0.3, 0.4) is 0 Å². The van der Waals surface area contributed by atoms with Crippen molar-refractivity contribution < 1.29 is 4.74 Å². The van der Waals surface area contributed by atoms with E-state index in [1.54, 1.807) is 7.11 Å². The molecule has 3 aromatic rings. The third-order valence-corrected chi connectivity index (χ3v) is 5.61. The number of methoxy groups -OCH3 is 1. The van der Waals surface area contributed by atoms with Crippen LogP contribution in [0.2, 0.25) is 0 Å². The quantitative estimate of drug-likeness (QED) is 0.652. The van der Waals surface area contributed by atoms with Crippen molar-refractivity contribution in [3.8, 4) is 5.69 Å². The molecule has 2 aromatic carbocycles. The highest BCUT2D eigenvalue weighted by Gasteiger charge is 2.19. The molecule has 4 rings (SSSR count). The van der Waals surface area contributed by atoms with E-state index >= 15 is 0 Å². The lowest BCUT2D eigenvalue weighted by Gasteiger charge is -2.32. The maximum absolute atomic E-state index is 5.21. The number of aromatic nitrogens is 2. The number of hydrogen-bond donors (Lipinski definition) is 1. The van der Waals surface area contributed by atoms with Gasteiger partial charge in [0.2, 0.25) is 0 Å². The predicted octanol–water partition coefficient (Wildman–Crippen LogP) is 3.47. The minimum absolute atomic E-state index is 0.723. The summed E-state index contributed by atoms with van der Waals surface area (Å²) < 4.78 is 7.18. The summed E-state index contributed by atoms with van der Waals surface area (Å²) in [6.07, 6.45) is 6.69. The topological polar surface area (TPSA) is 42.3 Å². The molecule has 0 radical (unpaired) electrons. The number of ether oxygens (including phenoxy) is 1. The van der Waals surface area contributed by atoms with Crippen molar-refractivity contribution in [3.05, 3.63) is 60.4 Å². The van der Waals surface area contributed by atoms with E-state index in [0.717, 1.165) is 37.8 Å². The van der Waals surface area contributed by atoms with E-state index in [1.807, 2.05) is 10.9 Å². The molecule has 0 aliphatic carbocycles. The smallest absolute Gasteiger partial charge is 0.0652 e. The number of nitrogens with zero attached hydrogens (tertiary/aromatic N) is 3. The maximum atomic E-state index is 5.21. The van der Waals surface area contributed by atoms with Crippen LogP contribution >= 0.6 is 0 Å². The Morgan fingerprint density at radius 3 is 2.96 bits per heavy atom. The van der Waals surface area contributed by atoms with Crippen molar-refractivity contribution in [2.45, 2.75) is 19.4 Å². The van der Waals surface area contributed by atoms with Crippen molar-refractivity contribution in [1.29, 1.82) is 0 Å². The lowest BCUT2D eigenvalue weighted by atomic mass is 9.98. The number of nitrogens with one attached hydrogen (secondary N) is 1. The van der Waals surface area contributed by atoms with Gasteiger partial charge >= 0.3 is 0 Å². The Labute approximate surface area is 167 Å². The number of fused-ring (bicyclic) bond motifs is 1. The summed E-state index contributed by atoms with van der Waals surface area (Å²) >= 11 is 0. The van der Waals surface area contributed by atoms with Crippen LogP contribution in [0, 0.1) is 5.92 Å². The van der Waals surface area contributed by atoms with Crippen molar-refractivity contribution >= 4 is 10.8 Å². The van der Waals surface area contributed by atoms with Crippen LogP contribution in [0.1, 0.15) is 18.4 Å². The van der Waals surface area contributed by atoms with E-state index in [9.17, 15) is 0 Å². The molecular formula is C23H30N4O. The van der Waals surface area contributed by atoms with Gasteiger partial charge in [0.25, 0.3) is 0 Å². The Balaban J connectivity index is 1.30. The fourth-order valence-corrected chi connectivity index (χ4v) is 4.07. The Hall–Kier alpha value is -2.21. The summed E-state index contributed by atoms with van der Waals surface area (Å²) in [5, 5.41) is 10.7. The molecule has 0 amide bonds. The Bertz CT molecular complexity index is 891. The molecule has 1 saturated heterocycles. The summed E-state index contributed by atoms with van der Waals surface area (Å²) in [5.74, 6) is 0.723. The molecule has 0 spiro atoms. The number of hydrogen-bond acceptors (Lipinski definition) is 4. The molecular weight excluding hydrogens is 348 g/mol. The summed E-state index contributed by atoms with van der Waals surface area (Å²) in [7, 11) is 1.78. The average molecular weight is 379 g/mol. The van der Waals surface area contributed by atoms with E-state index in [4.69, 9.17) is 4.74 Å². The van der Waals surface area contributed by atoms with Crippen LogP contribution in [0.15, 0.2) is 54.9 Å². The van der Waals surface area contributed by atoms with E-state index in [0.29, 0.717) is 0 Å². The zero-order valence-corrected chi connectivity index (χ0v) is 16.7. The monoisotopic (exact) mass is 378 g/mol. The highest BCUT2D eigenvalue weighted by molar-refractivity contribution is 5.84. The van der Waals surface area contributed by atoms with Crippen LogP contribution in [0.4, 0.5) is 0 Å². The molecule has 0 bridgehead atoms. The van der Waals surface area contributed by atoms with Crippen LogP contribution in [0.25, 0.3) is 16.5 Å². The second-order valence-corrected chi connectivity index (χ2v) is 7.76. The van der Waals surface area contributed by atoms with Crippen LogP contribution in [-0.4, -0.2) is 54.6 Å². The molecule has 2 heterocycles.